The fraction of sp³-hybridized carbons (Fsp3) is 0.188. The van der Waals surface area contributed by atoms with Crippen molar-refractivity contribution in [3.8, 4) is 0 Å². The molecule has 2 aromatic carbocycles. The monoisotopic (exact) mass is 325 g/mol. The van der Waals surface area contributed by atoms with Crippen molar-refractivity contribution in [3.05, 3.63) is 70.5 Å². The average molecular weight is 326 g/mol. The van der Waals surface area contributed by atoms with Crippen molar-refractivity contribution in [2.45, 2.75) is 12.5 Å². The minimum Gasteiger partial charge on any atom is -0.342 e. The third-order valence-corrected chi connectivity index (χ3v) is 4.07. The quantitative estimate of drug-likeness (QED) is 0.831. The first-order valence-electron chi connectivity index (χ1n) is 6.35. The molecule has 0 aliphatic heterocycles. The van der Waals surface area contributed by atoms with Gasteiger partial charge in [0.2, 0.25) is 0 Å². The van der Waals surface area contributed by atoms with Gasteiger partial charge in [0.1, 0.15) is 5.82 Å². The van der Waals surface area contributed by atoms with Gasteiger partial charge in [0.25, 0.3) is 5.91 Å². The SMILES string of the molecule is CC(CCl)(NC(=O)c1ccc(F)c(Cl)c1)c1ccccc1. The van der Waals surface area contributed by atoms with E-state index in [2.05, 4.69) is 5.32 Å². The molecule has 2 aromatic rings. The summed E-state index contributed by atoms with van der Waals surface area (Å²) < 4.78 is 13.1. The summed E-state index contributed by atoms with van der Waals surface area (Å²) in [7, 11) is 0. The van der Waals surface area contributed by atoms with Crippen molar-refractivity contribution >= 4 is 29.1 Å². The van der Waals surface area contributed by atoms with E-state index in [0.29, 0.717) is 0 Å². The normalized spacial score (nSPS) is 13.5. The predicted molar refractivity (Wildman–Crippen MR) is 83.4 cm³/mol. The van der Waals surface area contributed by atoms with Crippen LogP contribution in [0.5, 0.6) is 0 Å². The highest BCUT2D eigenvalue weighted by Crippen LogP contribution is 2.23. The van der Waals surface area contributed by atoms with Gasteiger partial charge in [0.05, 0.1) is 10.6 Å². The lowest BCUT2D eigenvalue weighted by Gasteiger charge is -2.29. The molecule has 2 nitrogen and oxygen atoms in total. The number of hydrogen-bond acceptors (Lipinski definition) is 1. The van der Waals surface area contributed by atoms with E-state index in [-0.39, 0.29) is 22.4 Å². The molecule has 21 heavy (non-hydrogen) atoms. The second-order valence-corrected chi connectivity index (χ2v) is 5.59. The maximum absolute atomic E-state index is 13.1. The standard InChI is InChI=1S/C16H14Cl2FNO/c1-16(10-17,12-5-3-2-4-6-12)20-15(21)11-7-8-14(19)13(18)9-11/h2-9H,10H2,1H3,(H,20,21). The first-order chi connectivity index (χ1) is 9.96. The third-order valence-electron chi connectivity index (χ3n) is 3.25. The molecule has 0 bridgehead atoms. The van der Waals surface area contributed by atoms with E-state index >= 15 is 0 Å². The molecular weight excluding hydrogens is 312 g/mol. The predicted octanol–water partition coefficient (Wildman–Crippen LogP) is 4.36. The molecule has 1 atom stereocenters. The number of carbonyl (C=O) groups excluding carboxylic acids is 1. The summed E-state index contributed by atoms with van der Waals surface area (Å²) in [5.74, 6) is -0.710. The Bertz CT molecular complexity index is 648. The van der Waals surface area contributed by atoms with Crippen molar-refractivity contribution < 1.29 is 9.18 Å². The summed E-state index contributed by atoms with van der Waals surface area (Å²) >= 11 is 11.7. The summed E-state index contributed by atoms with van der Waals surface area (Å²) in [5, 5.41) is 2.78. The fourth-order valence-electron chi connectivity index (χ4n) is 1.95. The zero-order valence-corrected chi connectivity index (χ0v) is 12.9. The summed E-state index contributed by atoms with van der Waals surface area (Å²) in [6.07, 6.45) is 0. The Morgan fingerprint density at radius 3 is 2.48 bits per heavy atom. The molecule has 5 heteroatoms. The van der Waals surface area contributed by atoms with Crippen LogP contribution in [0.1, 0.15) is 22.8 Å². The maximum atomic E-state index is 13.1. The Labute approximate surface area is 132 Å². The van der Waals surface area contributed by atoms with Gasteiger partial charge in [-0.2, -0.15) is 0 Å². The van der Waals surface area contributed by atoms with Crippen molar-refractivity contribution in [1.82, 2.24) is 5.32 Å². The van der Waals surface area contributed by atoms with Crippen LogP contribution in [-0.2, 0) is 5.54 Å². The van der Waals surface area contributed by atoms with Gasteiger partial charge in [-0.3, -0.25) is 4.79 Å². The molecule has 0 heterocycles. The Kier molecular flexibility index (Phi) is 4.86. The van der Waals surface area contributed by atoms with Crippen LogP contribution >= 0.6 is 23.2 Å². The largest absolute Gasteiger partial charge is 0.342 e. The van der Waals surface area contributed by atoms with Crippen LogP contribution < -0.4 is 5.32 Å². The van der Waals surface area contributed by atoms with E-state index in [0.717, 1.165) is 11.6 Å². The summed E-state index contributed by atoms with van der Waals surface area (Å²) in [6.45, 7) is 1.83. The molecule has 1 amide bonds. The van der Waals surface area contributed by atoms with Gasteiger partial charge in [0, 0.05) is 11.4 Å². The lowest BCUT2D eigenvalue weighted by Crippen LogP contribution is -2.45. The average Bonchev–Trinajstić information content (AvgIpc) is 2.50. The van der Waals surface area contributed by atoms with Crippen LogP contribution in [0.15, 0.2) is 48.5 Å². The Morgan fingerprint density at radius 2 is 1.90 bits per heavy atom. The van der Waals surface area contributed by atoms with Gasteiger partial charge in [-0.05, 0) is 30.7 Å². The summed E-state index contributed by atoms with van der Waals surface area (Å²) in [4.78, 5) is 12.3. The number of hydrogen-bond donors (Lipinski definition) is 1. The lowest BCUT2D eigenvalue weighted by atomic mass is 9.93. The molecule has 0 saturated carbocycles. The van der Waals surface area contributed by atoms with E-state index < -0.39 is 11.4 Å². The van der Waals surface area contributed by atoms with Gasteiger partial charge in [-0.15, -0.1) is 11.6 Å². The second kappa shape index (κ2) is 6.46. The van der Waals surface area contributed by atoms with E-state index in [1.54, 1.807) is 0 Å². The molecule has 0 saturated heterocycles. The second-order valence-electron chi connectivity index (χ2n) is 4.91. The molecule has 2 rings (SSSR count). The fourth-order valence-corrected chi connectivity index (χ4v) is 2.35. The number of halogens is 3. The van der Waals surface area contributed by atoms with Crippen molar-refractivity contribution in [3.63, 3.8) is 0 Å². The number of alkyl halides is 1. The molecule has 0 aromatic heterocycles. The van der Waals surface area contributed by atoms with Gasteiger partial charge in [0.15, 0.2) is 0 Å². The molecule has 1 unspecified atom stereocenters. The van der Waals surface area contributed by atoms with Gasteiger partial charge < -0.3 is 5.32 Å². The minimum absolute atomic E-state index is 0.0880. The first-order valence-corrected chi connectivity index (χ1v) is 7.26. The number of amides is 1. The Morgan fingerprint density at radius 1 is 1.24 bits per heavy atom. The third kappa shape index (κ3) is 3.55. The van der Waals surface area contributed by atoms with Crippen molar-refractivity contribution in [1.29, 1.82) is 0 Å². The van der Waals surface area contributed by atoms with Crippen LogP contribution in [-0.4, -0.2) is 11.8 Å². The maximum Gasteiger partial charge on any atom is 0.252 e. The zero-order chi connectivity index (χ0) is 15.5. The van der Waals surface area contributed by atoms with Crippen LogP contribution in [0.25, 0.3) is 0 Å². The van der Waals surface area contributed by atoms with Crippen LogP contribution in [0.2, 0.25) is 5.02 Å². The number of rotatable bonds is 4. The van der Waals surface area contributed by atoms with E-state index in [9.17, 15) is 9.18 Å². The zero-order valence-electron chi connectivity index (χ0n) is 11.4. The van der Waals surface area contributed by atoms with E-state index in [4.69, 9.17) is 23.2 Å². The molecule has 110 valence electrons. The topological polar surface area (TPSA) is 29.1 Å². The number of benzene rings is 2. The van der Waals surface area contributed by atoms with Crippen LogP contribution in [0, 0.1) is 5.82 Å². The highest BCUT2D eigenvalue weighted by molar-refractivity contribution is 6.31. The smallest absolute Gasteiger partial charge is 0.252 e. The van der Waals surface area contributed by atoms with Crippen molar-refractivity contribution in [2.75, 3.05) is 5.88 Å². The van der Waals surface area contributed by atoms with E-state index in [1.165, 1.54) is 12.1 Å². The van der Waals surface area contributed by atoms with Crippen LogP contribution in [0.4, 0.5) is 4.39 Å². The Hall–Kier alpha value is -1.58. The van der Waals surface area contributed by atoms with Gasteiger partial charge in [-0.1, -0.05) is 41.9 Å². The Balaban J connectivity index is 2.26. The molecule has 1 N–H and O–H groups in total. The highest BCUT2D eigenvalue weighted by Gasteiger charge is 2.28. The molecule has 0 spiro atoms. The lowest BCUT2D eigenvalue weighted by molar-refractivity contribution is 0.0913. The molecule has 0 fully saturated rings. The van der Waals surface area contributed by atoms with Crippen LogP contribution in [0.3, 0.4) is 0 Å². The van der Waals surface area contributed by atoms with Crippen molar-refractivity contribution in [2.24, 2.45) is 0 Å². The van der Waals surface area contributed by atoms with E-state index in [1.807, 2.05) is 37.3 Å². The first kappa shape index (κ1) is 15.8. The highest BCUT2D eigenvalue weighted by atomic mass is 35.5. The molecule has 0 aliphatic rings. The van der Waals surface area contributed by atoms with Gasteiger partial charge in [-0.25, -0.2) is 4.39 Å². The molecule has 0 aliphatic carbocycles. The number of carbonyl (C=O) groups is 1. The molecular formula is C16H14Cl2FNO. The minimum atomic E-state index is -0.721. The molecule has 0 radical (unpaired) electrons. The van der Waals surface area contributed by atoms with Gasteiger partial charge >= 0.3 is 0 Å². The summed E-state index contributed by atoms with van der Waals surface area (Å²) in [5.41, 5.74) is 0.455. The number of nitrogens with one attached hydrogen (secondary N) is 1. The summed E-state index contributed by atoms with van der Waals surface area (Å²) in [6, 6.07) is 13.3.